The lowest BCUT2D eigenvalue weighted by molar-refractivity contribution is -0.116. The third-order valence-electron chi connectivity index (χ3n) is 4.17. The molecule has 138 valence electrons. The number of hydrogen-bond donors (Lipinski definition) is 1. The average molecular weight is 360 g/mol. The quantitative estimate of drug-likeness (QED) is 0.850. The van der Waals surface area contributed by atoms with E-state index in [-0.39, 0.29) is 24.4 Å². The molecule has 7 nitrogen and oxygen atoms in total. The molecule has 0 bridgehead atoms. The Balaban J connectivity index is 1.87. The molecule has 1 aromatic carbocycles. The number of para-hydroxylation sites is 1. The van der Waals surface area contributed by atoms with Gasteiger partial charge in [-0.1, -0.05) is 12.1 Å². The molecule has 1 amide bonds. The molecule has 8 heteroatoms. The highest BCUT2D eigenvalue weighted by molar-refractivity contribution is 5.90. The van der Waals surface area contributed by atoms with E-state index in [9.17, 15) is 14.0 Å². The number of nitrogens with zero attached hydrogens (tertiary/aromatic N) is 3. The number of nitrogens with one attached hydrogen (secondary N) is 1. The summed E-state index contributed by atoms with van der Waals surface area (Å²) in [6.45, 7) is 1.53. The van der Waals surface area contributed by atoms with Gasteiger partial charge < -0.3 is 15.0 Å². The van der Waals surface area contributed by atoms with E-state index < -0.39 is 11.7 Å². The molecule has 2 aromatic rings. The van der Waals surface area contributed by atoms with Crippen molar-refractivity contribution in [2.45, 2.75) is 26.0 Å². The number of rotatable bonds is 6. The average Bonchev–Trinajstić information content (AvgIpc) is 3.14. The van der Waals surface area contributed by atoms with Gasteiger partial charge >= 0.3 is 0 Å². The normalized spacial score (nSPS) is 13.8. The van der Waals surface area contributed by atoms with Gasteiger partial charge in [0.2, 0.25) is 11.9 Å². The Morgan fingerprint density at radius 1 is 1.31 bits per heavy atom. The fraction of sp³-hybridized carbons (Fsp3) is 0.389. The lowest BCUT2D eigenvalue weighted by Crippen LogP contribution is -2.35. The highest BCUT2D eigenvalue weighted by Gasteiger charge is 2.21. The van der Waals surface area contributed by atoms with Gasteiger partial charge in [0.05, 0.1) is 18.0 Å². The first kappa shape index (κ1) is 18.1. The van der Waals surface area contributed by atoms with Crippen LogP contribution in [-0.4, -0.2) is 35.7 Å². The summed E-state index contributed by atoms with van der Waals surface area (Å²) in [5.41, 5.74) is 0.264. The maximum Gasteiger partial charge on any atom is 0.255 e. The molecule has 2 heterocycles. The first-order valence-electron chi connectivity index (χ1n) is 8.47. The molecular formula is C18H21FN4O3. The number of benzene rings is 1. The maximum absolute atomic E-state index is 13.7. The second-order valence-electron chi connectivity index (χ2n) is 6.13. The van der Waals surface area contributed by atoms with Gasteiger partial charge in [0.15, 0.2) is 0 Å². The molecule has 0 radical (unpaired) electrons. The molecule has 1 N–H and O–H groups in total. The van der Waals surface area contributed by atoms with E-state index in [1.807, 2.05) is 4.90 Å². The molecule has 0 atom stereocenters. The molecular weight excluding hydrogens is 339 g/mol. The number of anilines is 2. The molecule has 3 rings (SSSR count). The smallest absolute Gasteiger partial charge is 0.255 e. The summed E-state index contributed by atoms with van der Waals surface area (Å²) in [5.74, 6) is -0.564. The van der Waals surface area contributed by atoms with Crippen LogP contribution in [0.5, 0.6) is 0 Å². The minimum absolute atomic E-state index is 0.0808. The summed E-state index contributed by atoms with van der Waals surface area (Å²) >= 11 is 0. The predicted molar refractivity (Wildman–Crippen MR) is 95.7 cm³/mol. The van der Waals surface area contributed by atoms with Gasteiger partial charge in [-0.15, -0.1) is 0 Å². The standard InChI is InChI=1S/C18H21FN4O3/c1-26-12-13-10-17(25)23(18(20-13)22-8-4-5-9-22)11-16(24)21-15-7-3-2-6-14(15)19/h2-3,6-7,10H,4-5,8-9,11-12H2,1H3,(H,21,24). The van der Waals surface area contributed by atoms with E-state index in [0.29, 0.717) is 11.6 Å². The molecule has 1 saturated heterocycles. The Morgan fingerprint density at radius 3 is 2.73 bits per heavy atom. The van der Waals surface area contributed by atoms with Gasteiger partial charge in [-0.3, -0.25) is 14.2 Å². The highest BCUT2D eigenvalue weighted by Crippen LogP contribution is 2.18. The van der Waals surface area contributed by atoms with Crippen molar-refractivity contribution >= 4 is 17.5 Å². The molecule has 1 fully saturated rings. The minimum atomic E-state index is -0.526. The van der Waals surface area contributed by atoms with E-state index in [0.717, 1.165) is 25.9 Å². The van der Waals surface area contributed by atoms with Crippen LogP contribution < -0.4 is 15.8 Å². The van der Waals surface area contributed by atoms with Crippen molar-refractivity contribution < 1.29 is 13.9 Å². The van der Waals surface area contributed by atoms with E-state index in [1.165, 1.54) is 29.9 Å². The van der Waals surface area contributed by atoms with Crippen LogP contribution in [0.4, 0.5) is 16.0 Å². The monoisotopic (exact) mass is 360 g/mol. The maximum atomic E-state index is 13.7. The SMILES string of the molecule is COCc1cc(=O)n(CC(=O)Nc2ccccc2F)c(N2CCCC2)n1. The van der Waals surface area contributed by atoms with Crippen molar-refractivity contribution in [3.8, 4) is 0 Å². The van der Waals surface area contributed by atoms with E-state index >= 15 is 0 Å². The topological polar surface area (TPSA) is 76.5 Å². The summed E-state index contributed by atoms with van der Waals surface area (Å²) in [7, 11) is 1.53. The summed E-state index contributed by atoms with van der Waals surface area (Å²) in [6.07, 6.45) is 2.01. The second kappa shape index (κ2) is 8.09. The van der Waals surface area contributed by atoms with Crippen LogP contribution in [0.15, 0.2) is 35.1 Å². The van der Waals surface area contributed by atoms with Crippen LogP contribution in [-0.2, 0) is 22.7 Å². The predicted octanol–water partition coefficient (Wildman–Crippen LogP) is 1.77. The Morgan fingerprint density at radius 2 is 2.04 bits per heavy atom. The fourth-order valence-corrected chi connectivity index (χ4v) is 2.97. The van der Waals surface area contributed by atoms with Crippen LogP contribution in [0.3, 0.4) is 0 Å². The number of methoxy groups -OCH3 is 1. The Labute approximate surface area is 150 Å². The third kappa shape index (κ3) is 4.08. The first-order valence-corrected chi connectivity index (χ1v) is 8.47. The summed E-state index contributed by atoms with van der Waals surface area (Å²) in [6, 6.07) is 7.26. The summed E-state index contributed by atoms with van der Waals surface area (Å²) in [5, 5.41) is 2.50. The van der Waals surface area contributed by atoms with Gasteiger partial charge in [-0.25, -0.2) is 9.37 Å². The van der Waals surface area contributed by atoms with Crippen molar-refractivity contribution in [3.63, 3.8) is 0 Å². The van der Waals surface area contributed by atoms with Crippen molar-refractivity contribution in [2.24, 2.45) is 0 Å². The first-order chi connectivity index (χ1) is 12.6. The number of amides is 1. The minimum Gasteiger partial charge on any atom is -0.378 e. The zero-order chi connectivity index (χ0) is 18.5. The molecule has 1 aliphatic heterocycles. The molecule has 0 aliphatic carbocycles. The van der Waals surface area contributed by atoms with Gasteiger partial charge in [0.1, 0.15) is 12.4 Å². The molecule has 0 spiro atoms. The van der Waals surface area contributed by atoms with Gasteiger partial charge in [0.25, 0.3) is 5.56 Å². The second-order valence-corrected chi connectivity index (χ2v) is 6.13. The van der Waals surface area contributed by atoms with Crippen molar-refractivity contribution in [2.75, 3.05) is 30.4 Å². The number of carbonyl (C=O) groups is 1. The number of hydrogen-bond acceptors (Lipinski definition) is 5. The lowest BCUT2D eigenvalue weighted by Gasteiger charge is -2.21. The summed E-state index contributed by atoms with van der Waals surface area (Å²) < 4.78 is 20.1. The lowest BCUT2D eigenvalue weighted by atomic mass is 10.3. The number of aromatic nitrogens is 2. The molecule has 1 aromatic heterocycles. The van der Waals surface area contributed by atoms with Gasteiger partial charge in [0, 0.05) is 26.3 Å². The van der Waals surface area contributed by atoms with E-state index in [1.54, 1.807) is 12.1 Å². The molecule has 26 heavy (non-hydrogen) atoms. The molecule has 0 saturated carbocycles. The largest absolute Gasteiger partial charge is 0.378 e. The fourth-order valence-electron chi connectivity index (χ4n) is 2.97. The third-order valence-corrected chi connectivity index (χ3v) is 4.17. The molecule has 0 unspecified atom stereocenters. The number of halogens is 1. The zero-order valence-electron chi connectivity index (χ0n) is 14.6. The Hall–Kier alpha value is -2.74. The Bertz CT molecular complexity index is 847. The van der Waals surface area contributed by atoms with E-state index in [2.05, 4.69) is 10.3 Å². The van der Waals surface area contributed by atoms with Crippen LogP contribution in [0.2, 0.25) is 0 Å². The van der Waals surface area contributed by atoms with Gasteiger partial charge in [-0.05, 0) is 25.0 Å². The highest BCUT2D eigenvalue weighted by atomic mass is 19.1. The van der Waals surface area contributed by atoms with Crippen molar-refractivity contribution in [3.05, 3.63) is 52.2 Å². The van der Waals surface area contributed by atoms with Crippen LogP contribution in [0, 0.1) is 5.82 Å². The zero-order valence-corrected chi connectivity index (χ0v) is 14.6. The molecule has 1 aliphatic rings. The van der Waals surface area contributed by atoms with E-state index in [4.69, 9.17) is 4.74 Å². The van der Waals surface area contributed by atoms with Crippen molar-refractivity contribution in [1.29, 1.82) is 0 Å². The van der Waals surface area contributed by atoms with Crippen LogP contribution in [0.1, 0.15) is 18.5 Å². The summed E-state index contributed by atoms with van der Waals surface area (Å²) in [4.78, 5) is 31.4. The van der Waals surface area contributed by atoms with Crippen LogP contribution >= 0.6 is 0 Å². The van der Waals surface area contributed by atoms with Crippen LogP contribution in [0.25, 0.3) is 0 Å². The number of carbonyl (C=O) groups excluding carboxylic acids is 1. The Kier molecular flexibility index (Phi) is 5.62. The number of ether oxygens (including phenoxy) is 1. The van der Waals surface area contributed by atoms with Gasteiger partial charge in [-0.2, -0.15) is 0 Å². The van der Waals surface area contributed by atoms with Crippen molar-refractivity contribution in [1.82, 2.24) is 9.55 Å².